The first kappa shape index (κ1) is 26.0. The Bertz CT molecular complexity index is 1210. The van der Waals surface area contributed by atoms with E-state index in [0.29, 0.717) is 32.7 Å². The summed E-state index contributed by atoms with van der Waals surface area (Å²) in [4.78, 5) is 42.8. The number of hydrogen-bond acceptors (Lipinski definition) is 5. The minimum Gasteiger partial charge on any atom is -0.325 e. The van der Waals surface area contributed by atoms with Gasteiger partial charge in [0.05, 0.1) is 16.2 Å². The number of carbonyl (C=O) groups is 3. The van der Waals surface area contributed by atoms with Gasteiger partial charge in [0.2, 0.25) is 5.91 Å². The van der Waals surface area contributed by atoms with Crippen molar-refractivity contribution in [2.45, 2.75) is 45.4 Å². The maximum absolute atomic E-state index is 13.5. The molecule has 0 radical (unpaired) electrons. The van der Waals surface area contributed by atoms with Crippen molar-refractivity contribution in [1.29, 1.82) is 0 Å². The van der Waals surface area contributed by atoms with E-state index in [4.69, 9.17) is 12.2 Å². The van der Waals surface area contributed by atoms with Crippen LogP contribution in [0.4, 0.5) is 15.8 Å². The van der Waals surface area contributed by atoms with Crippen molar-refractivity contribution in [1.82, 2.24) is 4.90 Å². The fourth-order valence-electron chi connectivity index (χ4n) is 4.33. The molecule has 4 rings (SSSR count). The van der Waals surface area contributed by atoms with Crippen LogP contribution in [-0.2, 0) is 14.4 Å². The van der Waals surface area contributed by atoms with Crippen molar-refractivity contribution < 1.29 is 18.8 Å². The van der Waals surface area contributed by atoms with E-state index in [0.717, 1.165) is 31.0 Å². The summed E-state index contributed by atoms with van der Waals surface area (Å²) in [7, 11) is 0. The number of thiocarbonyl (C=S) groups is 1. The molecule has 2 aromatic carbocycles. The highest BCUT2D eigenvalue weighted by Crippen LogP contribution is 2.44. The molecule has 188 valence electrons. The number of benzene rings is 2. The monoisotopic (exact) mass is 525 g/mol. The van der Waals surface area contributed by atoms with Crippen LogP contribution in [0.3, 0.4) is 0 Å². The fraction of sp³-hybridized carbons (Fsp3) is 0.333. The van der Waals surface area contributed by atoms with Crippen molar-refractivity contribution in [2.75, 3.05) is 23.3 Å². The first-order chi connectivity index (χ1) is 17.4. The standard InChI is InChI=1S/C27H28FN3O3S2/c1-2-3-4-5-6-9-16-30-26(34)24(36-27(30)35)23-20-10-7-8-11-21(20)31(25(23)33)17-22(32)29-19-14-12-18(28)13-15-19/h7-8,10-15H,2-6,9,16-17H2,1H3,(H,29,32)/b24-23-. The molecule has 6 nitrogen and oxygen atoms in total. The number of unbranched alkanes of at least 4 members (excludes halogenated alkanes) is 5. The van der Waals surface area contributed by atoms with E-state index < -0.39 is 17.6 Å². The van der Waals surface area contributed by atoms with Gasteiger partial charge in [0, 0.05) is 17.8 Å². The SMILES string of the molecule is CCCCCCCCN1C(=O)/C(=C2/C(=O)N(CC(=O)Nc3ccc(F)cc3)c3ccccc32)SC1=S. The molecule has 2 aliphatic rings. The zero-order valence-electron chi connectivity index (χ0n) is 20.1. The highest BCUT2D eigenvalue weighted by atomic mass is 32.2. The smallest absolute Gasteiger partial charge is 0.267 e. The van der Waals surface area contributed by atoms with E-state index >= 15 is 0 Å². The molecule has 1 fully saturated rings. The average Bonchev–Trinajstić information content (AvgIpc) is 3.29. The zero-order valence-corrected chi connectivity index (χ0v) is 21.7. The summed E-state index contributed by atoms with van der Waals surface area (Å²) in [5.41, 5.74) is 1.88. The first-order valence-corrected chi connectivity index (χ1v) is 13.4. The Kier molecular flexibility index (Phi) is 8.53. The van der Waals surface area contributed by atoms with E-state index in [9.17, 15) is 18.8 Å². The van der Waals surface area contributed by atoms with Crippen LogP contribution in [0.2, 0.25) is 0 Å². The molecule has 1 saturated heterocycles. The highest BCUT2D eigenvalue weighted by Gasteiger charge is 2.42. The normalized spacial score (nSPS) is 17.2. The summed E-state index contributed by atoms with van der Waals surface area (Å²) in [6.07, 6.45) is 6.61. The predicted molar refractivity (Wildman–Crippen MR) is 146 cm³/mol. The van der Waals surface area contributed by atoms with Crippen molar-refractivity contribution in [3.63, 3.8) is 0 Å². The van der Waals surface area contributed by atoms with Crippen LogP contribution in [0.5, 0.6) is 0 Å². The lowest BCUT2D eigenvalue weighted by molar-refractivity contribution is -0.122. The van der Waals surface area contributed by atoms with E-state index in [1.807, 2.05) is 0 Å². The van der Waals surface area contributed by atoms with Crippen LogP contribution in [0.15, 0.2) is 53.4 Å². The number of halogens is 1. The van der Waals surface area contributed by atoms with Crippen molar-refractivity contribution in [2.24, 2.45) is 0 Å². The quantitative estimate of drug-likeness (QED) is 0.243. The second kappa shape index (κ2) is 11.8. The van der Waals surface area contributed by atoms with Crippen LogP contribution in [0.1, 0.15) is 51.0 Å². The number of amides is 3. The number of nitrogens with one attached hydrogen (secondary N) is 1. The van der Waals surface area contributed by atoms with Gasteiger partial charge in [-0.2, -0.15) is 0 Å². The minimum atomic E-state index is -0.429. The molecule has 2 aromatic rings. The Morgan fingerprint density at radius 3 is 2.39 bits per heavy atom. The van der Waals surface area contributed by atoms with Crippen LogP contribution in [-0.4, -0.2) is 40.0 Å². The number of hydrogen-bond donors (Lipinski definition) is 1. The molecular formula is C27H28FN3O3S2. The summed E-state index contributed by atoms with van der Waals surface area (Å²) < 4.78 is 13.6. The van der Waals surface area contributed by atoms with Crippen LogP contribution < -0.4 is 10.2 Å². The summed E-state index contributed by atoms with van der Waals surface area (Å²) in [5.74, 6) is -1.50. The highest BCUT2D eigenvalue weighted by molar-refractivity contribution is 8.26. The summed E-state index contributed by atoms with van der Waals surface area (Å²) in [5, 5.41) is 2.68. The molecule has 3 amide bonds. The van der Waals surface area contributed by atoms with Gasteiger partial charge in [-0.3, -0.25) is 24.2 Å². The lowest BCUT2D eigenvalue weighted by Crippen LogP contribution is -2.35. The van der Waals surface area contributed by atoms with Gasteiger partial charge in [-0.05, 0) is 36.8 Å². The largest absolute Gasteiger partial charge is 0.325 e. The predicted octanol–water partition coefficient (Wildman–Crippen LogP) is 5.74. The van der Waals surface area contributed by atoms with E-state index in [1.165, 1.54) is 48.4 Å². The third-order valence-electron chi connectivity index (χ3n) is 6.16. The number of thioether (sulfide) groups is 1. The number of rotatable bonds is 10. The van der Waals surface area contributed by atoms with Crippen molar-refractivity contribution in [3.05, 3.63) is 64.8 Å². The molecule has 0 spiro atoms. The Morgan fingerprint density at radius 1 is 0.944 bits per heavy atom. The van der Waals surface area contributed by atoms with Gasteiger partial charge < -0.3 is 5.32 Å². The number of carbonyl (C=O) groups excluding carboxylic acids is 3. The molecule has 0 aromatic heterocycles. The molecule has 0 unspecified atom stereocenters. The Balaban J connectivity index is 1.50. The van der Waals surface area contributed by atoms with Gasteiger partial charge in [0.15, 0.2) is 0 Å². The Hall–Kier alpha value is -3.04. The van der Waals surface area contributed by atoms with Crippen LogP contribution >= 0.6 is 24.0 Å². The van der Waals surface area contributed by atoms with Crippen LogP contribution in [0, 0.1) is 5.82 Å². The molecule has 2 aliphatic heterocycles. The van der Waals surface area contributed by atoms with Gasteiger partial charge in [-0.25, -0.2) is 4.39 Å². The minimum absolute atomic E-state index is 0.241. The summed E-state index contributed by atoms with van der Waals surface area (Å²) in [6, 6.07) is 12.5. The van der Waals surface area contributed by atoms with E-state index in [1.54, 1.807) is 29.2 Å². The fourth-order valence-corrected chi connectivity index (χ4v) is 5.71. The number of fused-ring (bicyclic) bond motifs is 1. The molecular weight excluding hydrogens is 497 g/mol. The number of nitrogens with zero attached hydrogens (tertiary/aromatic N) is 2. The van der Waals surface area contributed by atoms with Gasteiger partial charge >= 0.3 is 0 Å². The molecule has 0 atom stereocenters. The molecule has 0 bridgehead atoms. The lowest BCUT2D eigenvalue weighted by atomic mass is 10.1. The third-order valence-corrected chi connectivity index (χ3v) is 7.61. The first-order valence-electron chi connectivity index (χ1n) is 12.1. The topological polar surface area (TPSA) is 69.7 Å². The molecule has 36 heavy (non-hydrogen) atoms. The number of anilines is 2. The van der Waals surface area contributed by atoms with Gasteiger partial charge in [-0.1, -0.05) is 81.2 Å². The van der Waals surface area contributed by atoms with Gasteiger partial charge in [-0.15, -0.1) is 0 Å². The molecule has 0 saturated carbocycles. The second-order valence-corrected chi connectivity index (χ2v) is 10.4. The Morgan fingerprint density at radius 2 is 1.64 bits per heavy atom. The lowest BCUT2D eigenvalue weighted by Gasteiger charge is -2.17. The second-order valence-electron chi connectivity index (χ2n) is 8.76. The third kappa shape index (κ3) is 5.68. The van der Waals surface area contributed by atoms with Crippen molar-refractivity contribution in [3.8, 4) is 0 Å². The average molecular weight is 526 g/mol. The van der Waals surface area contributed by atoms with Crippen molar-refractivity contribution >= 4 is 63.0 Å². The Labute approximate surface area is 219 Å². The maximum atomic E-state index is 13.5. The molecule has 2 heterocycles. The molecule has 0 aliphatic carbocycles. The number of para-hydroxylation sites is 1. The maximum Gasteiger partial charge on any atom is 0.267 e. The van der Waals surface area contributed by atoms with Gasteiger partial charge in [0.1, 0.15) is 16.7 Å². The van der Waals surface area contributed by atoms with E-state index in [2.05, 4.69) is 12.2 Å². The zero-order chi connectivity index (χ0) is 25.7. The molecule has 1 N–H and O–H groups in total. The summed E-state index contributed by atoms with van der Waals surface area (Å²) >= 11 is 6.63. The van der Waals surface area contributed by atoms with E-state index in [-0.39, 0.29) is 18.0 Å². The summed E-state index contributed by atoms with van der Waals surface area (Å²) in [6.45, 7) is 2.47. The molecule has 9 heteroatoms. The van der Waals surface area contributed by atoms with Crippen LogP contribution in [0.25, 0.3) is 5.57 Å². The van der Waals surface area contributed by atoms with Gasteiger partial charge in [0.25, 0.3) is 11.8 Å².